The Hall–Kier alpha value is -2.13. The molecule has 0 fully saturated rings. The lowest BCUT2D eigenvalue weighted by Crippen LogP contribution is -2.01. The van der Waals surface area contributed by atoms with Crippen LogP contribution in [0.15, 0.2) is 52.9 Å². The third-order valence-corrected chi connectivity index (χ3v) is 3.50. The lowest BCUT2D eigenvalue weighted by Gasteiger charge is -2.09. The maximum absolute atomic E-state index is 13.1. The van der Waals surface area contributed by atoms with Gasteiger partial charge in [0.2, 0.25) is 0 Å². The van der Waals surface area contributed by atoms with Gasteiger partial charge in [0, 0.05) is 11.8 Å². The second-order valence-electron chi connectivity index (χ2n) is 4.98. The molecule has 1 atom stereocenters. The SMILES string of the molecule is Cc1ccccc1CC(O)c1cc2cc(F)ccc2o1. The molecule has 0 aliphatic carbocycles. The van der Waals surface area contributed by atoms with Crippen molar-refractivity contribution in [3.05, 3.63) is 71.2 Å². The highest BCUT2D eigenvalue weighted by Crippen LogP contribution is 2.27. The van der Waals surface area contributed by atoms with Crippen LogP contribution in [0.5, 0.6) is 0 Å². The Morgan fingerprint density at radius 2 is 1.95 bits per heavy atom. The zero-order valence-electron chi connectivity index (χ0n) is 11.1. The van der Waals surface area contributed by atoms with Crippen molar-refractivity contribution in [3.8, 4) is 0 Å². The lowest BCUT2D eigenvalue weighted by molar-refractivity contribution is 0.152. The molecule has 2 aromatic carbocycles. The van der Waals surface area contributed by atoms with E-state index >= 15 is 0 Å². The van der Waals surface area contributed by atoms with Crippen LogP contribution in [0.1, 0.15) is 23.0 Å². The van der Waals surface area contributed by atoms with Crippen molar-refractivity contribution in [1.82, 2.24) is 0 Å². The first-order valence-corrected chi connectivity index (χ1v) is 6.55. The number of halogens is 1. The van der Waals surface area contributed by atoms with Crippen LogP contribution in [0.3, 0.4) is 0 Å². The molecule has 3 heteroatoms. The van der Waals surface area contributed by atoms with Crippen molar-refractivity contribution in [2.24, 2.45) is 0 Å². The maximum atomic E-state index is 13.1. The Kier molecular flexibility index (Phi) is 3.28. The number of aliphatic hydroxyl groups excluding tert-OH is 1. The van der Waals surface area contributed by atoms with Crippen molar-refractivity contribution in [2.45, 2.75) is 19.4 Å². The molecule has 0 saturated carbocycles. The molecule has 0 amide bonds. The number of rotatable bonds is 3. The van der Waals surface area contributed by atoms with Gasteiger partial charge in [0.05, 0.1) is 0 Å². The fraction of sp³-hybridized carbons (Fsp3) is 0.176. The normalized spacial score (nSPS) is 12.8. The first-order chi connectivity index (χ1) is 9.63. The smallest absolute Gasteiger partial charge is 0.134 e. The van der Waals surface area contributed by atoms with Gasteiger partial charge in [-0.15, -0.1) is 0 Å². The van der Waals surface area contributed by atoms with Crippen molar-refractivity contribution >= 4 is 11.0 Å². The van der Waals surface area contributed by atoms with Gasteiger partial charge in [-0.1, -0.05) is 24.3 Å². The van der Waals surface area contributed by atoms with E-state index in [0.717, 1.165) is 11.1 Å². The molecule has 1 aromatic heterocycles. The third kappa shape index (κ3) is 2.45. The van der Waals surface area contributed by atoms with Crippen LogP contribution >= 0.6 is 0 Å². The van der Waals surface area contributed by atoms with E-state index < -0.39 is 6.10 Å². The number of hydrogen-bond acceptors (Lipinski definition) is 2. The van der Waals surface area contributed by atoms with Gasteiger partial charge in [0.1, 0.15) is 23.3 Å². The van der Waals surface area contributed by atoms with E-state index in [1.54, 1.807) is 12.1 Å². The molecule has 0 spiro atoms. The lowest BCUT2D eigenvalue weighted by atomic mass is 10.0. The van der Waals surface area contributed by atoms with Crippen LogP contribution in [0.2, 0.25) is 0 Å². The molecule has 0 aliphatic heterocycles. The van der Waals surface area contributed by atoms with Crippen molar-refractivity contribution in [1.29, 1.82) is 0 Å². The molecule has 1 N–H and O–H groups in total. The molecule has 1 unspecified atom stereocenters. The molecular weight excluding hydrogens is 255 g/mol. The monoisotopic (exact) mass is 270 g/mol. The van der Waals surface area contributed by atoms with E-state index in [1.807, 2.05) is 31.2 Å². The minimum Gasteiger partial charge on any atom is -0.458 e. The summed E-state index contributed by atoms with van der Waals surface area (Å²) in [5, 5.41) is 11.0. The summed E-state index contributed by atoms with van der Waals surface area (Å²) in [5.41, 5.74) is 2.80. The number of hydrogen-bond donors (Lipinski definition) is 1. The highest BCUT2D eigenvalue weighted by Gasteiger charge is 2.15. The van der Waals surface area contributed by atoms with Gasteiger partial charge in [-0.05, 0) is 42.3 Å². The summed E-state index contributed by atoms with van der Waals surface area (Å²) < 4.78 is 18.7. The fourth-order valence-electron chi connectivity index (χ4n) is 2.35. The Labute approximate surface area is 116 Å². The first kappa shape index (κ1) is 12.9. The quantitative estimate of drug-likeness (QED) is 0.775. The van der Waals surface area contributed by atoms with Crippen LogP contribution in [0.4, 0.5) is 4.39 Å². The van der Waals surface area contributed by atoms with E-state index in [-0.39, 0.29) is 5.82 Å². The summed E-state index contributed by atoms with van der Waals surface area (Å²) in [4.78, 5) is 0. The highest BCUT2D eigenvalue weighted by atomic mass is 19.1. The highest BCUT2D eigenvalue weighted by molar-refractivity contribution is 5.77. The Morgan fingerprint density at radius 3 is 2.75 bits per heavy atom. The molecule has 0 radical (unpaired) electrons. The van der Waals surface area contributed by atoms with E-state index in [0.29, 0.717) is 23.2 Å². The predicted octanol–water partition coefficient (Wildman–Crippen LogP) is 4.16. The largest absolute Gasteiger partial charge is 0.458 e. The van der Waals surface area contributed by atoms with E-state index in [4.69, 9.17) is 4.42 Å². The van der Waals surface area contributed by atoms with E-state index in [9.17, 15) is 9.50 Å². The summed E-state index contributed by atoms with van der Waals surface area (Å²) in [5.74, 6) is 0.159. The number of benzene rings is 2. The van der Waals surface area contributed by atoms with Crippen molar-refractivity contribution < 1.29 is 13.9 Å². The van der Waals surface area contributed by atoms with Crippen LogP contribution in [-0.2, 0) is 6.42 Å². The Bertz CT molecular complexity index is 746. The van der Waals surface area contributed by atoms with Gasteiger partial charge in [0.15, 0.2) is 0 Å². The van der Waals surface area contributed by atoms with E-state index in [2.05, 4.69) is 0 Å². The average molecular weight is 270 g/mol. The molecule has 0 bridgehead atoms. The summed E-state index contributed by atoms with van der Waals surface area (Å²) in [6.45, 7) is 2.01. The van der Waals surface area contributed by atoms with Gasteiger partial charge >= 0.3 is 0 Å². The fourth-order valence-corrected chi connectivity index (χ4v) is 2.35. The van der Waals surface area contributed by atoms with Gasteiger partial charge in [-0.2, -0.15) is 0 Å². The minimum absolute atomic E-state index is 0.307. The molecule has 1 heterocycles. The first-order valence-electron chi connectivity index (χ1n) is 6.55. The van der Waals surface area contributed by atoms with Crippen LogP contribution < -0.4 is 0 Å². The second-order valence-corrected chi connectivity index (χ2v) is 4.98. The third-order valence-electron chi connectivity index (χ3n) is 3.50. The predicted molar refractivity (Wildman–Crippen MR) is 76.0 cm³/mol. The van der Waals surface area contributed by atoms with Gasteiger partial charge in [-0.25, -0.2) is 4.39 Å². The summed E-state index contributed by atoms with van der Waals surface area (Å²) in [6, 6.07) is 13.9. The summed E-state index contributed by atoms with van der Waals surface area (Å²) in [7, 11) is 0. The topological polar surface area (TPSA) is 33.4 Å². The van der Waals surface area contributed by atoms with Crippen molar-refractivity contribution in [3.63, 3.8) is 0 Å². The number of furan rings is 1. The average Bonchev–Trinajstić information content (AvgIpc) is 2.84. The van der Waals surface area contributed by atoms with Gasteiger partial charge in [-0.3, -0.25) is 0 Å². The number of aliphatic hydroxyl groups is 1. The minimum atomic E-state index is -0.730. The van der Waals surface area contributed by atoms with Gasteiger partial charge < -0.3 is 9.52 Å². The molecule has 3 rings (SSSR count). The number of fused-ring (bicyclic) bond motifs is 1. The Balaban J connectivity index is 1.89. The zero-order chi connectivity index (χ0) is 14.1. The van der Waals surface area contributed by atoms with Crippen molar-refractivity contribution in [2.75, 3.05) is 0 Å². The molecular formula is C17H15FO2. The molecule has 2 nitrogen and oxygen atoms in total. The maximum Gasteiger partial charge on any atom is 0.134 e. The van der Waals surface area contributed by atoms with Crippen LogP contribution in [-0.4, -0.2) is 5.11 Å². The number of aryl methyl sites for hydroxylation is 1. The summed E-state index contributed by atoms with van der Waals surface area (Å²) >= 11 is 0. The van der Waals surface area contributed by atoms with Crippen LogP contribution in [0, 0.1) is 12.7 Å². The molecule has 0 aliphatic rings. The molecule has 102 valence electrons. The van der Waals surface area contributed by atoms with E-state index in [1.165, 1.54) is 12.1 Å². The van der Waals surface area contributed by atoms with Gasteiger partial charge in [0.25, 0.3) is 0 Å². The van der Waals surface area contributed by atoms with Crippen LogP contribution in [0.25, 0.3) is 11.0 Å². The molecule has 20 heavy (non-hydrogen) atoms. The molecule has 0 saturated heterocycles. The second kappa shape index (κ2) is 5.10. The zero-order valence-corrected chi connectivity index (χ0v) is 11.1. The molecule has 3 aromatic rings. The standard InChI is InChI=1S/C17H15FO2/c1-11-4-2-3-5-12(11)9-15(19)17-10-13-8-14(18)6-7-16(13)20-17/h2-8,10,15,19H,9H2,1H3. The summed E-state index contributed by atoms with van der Waals surface area (Å²) in [6.07, 6.45) is -0.249. The Morgan fingerprint density at radius 1 is 1.15 bits per heavy atom.